The molecule has 1 heterocycles. The zero-order chi connectivity index (χ0) is 12.6. The van der Waals surface area contributed by atoms with Crippen molar-refractivity contribution < 1.29 is 4.79 Å². The Hall–Kier alpha value is -1.22. The Balaban J connectivity index is 1.75. The molecule has 0 radical (unpaired) electrons. The Morgan fingerprint density at radius 3 is 2.94 bits per heavy atom. The van der Waals surface area contributed by atoms with Crippen molar-refractivity contribution in [2.45, 2.75) is 50.5 Å². The topological polar surface area (TPSA) is 56.0 Å². The fourth-order valence-corrected chi connectivity index (χ4v) is 3.88. The van der Waals surface area contributed by atoms with Crippen LogP contribution in [0.1, 0.15) is 55.4 Å². The van der Waals surface area contributed by atoms with Crippen LogP contribution in [0.25, 0.3) is 0 Å². The van der Waals surface area contributed by atoms with E-state index in [0.717, 1.165) is 32.1 Å². The van der Waals surface area contributed by atoms with E-state index in [0.29, 0.717) is 12.1 Å². The van der Waals surface area contributed by atoms with Gasteiger partial charge in [-0.1, -0.05) is 12.5 Å². The van der Waals surface area contributed by atoms with Crippen LogP contribution in [0.4, 0.5) is 0 Å². The Labute approximate surface area is 108 Å². The van der Waals surface area contributed by atoms with Crippen LogP contribution < -0.4 is 5.73 Å². The first-order valence-electron chi connectivity index (χ1n) is 6.84. The van der Waals surface area contributed by atoms with Crippen molar-refractivity contribution in [1.82, 2.24) is 4.98 Å². The van der Waals surface area contributed by atoms with Gasteiger partial charge in [0.15, 0.2) is 5.78 Å². The summed E-state index contributed by atoms with van der Waals surface area (Å²) in [6.07, 6.45) is 9.00. The van der Waals surface area contributed by atoms with Crippen molar-refractivity contribution in [1.29, 1.82) is 0 Å². The molecule has 2 fully saturated rings. The largest absolute Gasteiger partial charge is 0.325 e. The van der Waals surface area contributed by atoms with E-state index in [1.807, 2.05) is 18.2 Å². The molecular formula is C15H20N2O. The number of ketones is 1. The molecule has 3 rings (SSSR count). The summed E-state index contributed by atoms with van der Waals surface area (Å²) < 4.78 is 0. The van der Waals surface area contributed by atoms with Crippen LogP contribution in [-0.2, 0) is 0 Å². The minimum absolute atomic E-state index is 0.0165. The molecule has 0 saturated heterocycles. The maximum atomic E-state index is 12.3. The van der Waals surface area contributed by atoms with E-state index in [-0.39, 0.29) is 16.7 Å². The van der Waals surface area contributed by atoms with Gasteiger partial charge in [-0.25, -0.2) is 0 Å². The normalized spacial score (nSPS) is 34.5. The van der Waals surface area contributed by atoms with Gasteiger partial charge in [0.05, 0.1) is 0 Å². The monoisotopic (exact) mass is 244 g/mol. The lowest BCUT2D eigenvalue weighted by molar-refractivity contribution is 0.0866. The number of Topliss-reactive ketones (excluding diaryl/α,β-unsaturated/α-hetero) is 1. The van der Waals surface area contributed by atoms with Crippen LogP contribution in [0.5, 0.6) is 0 Å². The number of fused-ring (bicyclic) bond motifs is 2. The zero-order valence-electron chi connectivity index (χ0n) is 10.7. The first-order valence-corrected chi connectivity index (χ1v) is 6.84. The molecule has 1 aromatic rings. The summed E-state index contributed by atoms with van der Waals surface area (Å²) in [5, 5.41) is 0. The Bertz CT molecular complexity index is 459. The Morgan fingerprint density at radius 1 is 1.28 bits per heavy atom. The third-order valence-corrected chi connectivity index (χ3v) is 4.75. The number of nitrogens with zero attached hydrogens (tertiary/aromatic N) is 1. The predicted molar refractivity (Wildman–Crippen MR) is 70.2 cm³/mol. The van der Waals surface area contributed by atoms with Crippen LogP contribution in [0.15, 0.2) is 24.4 Å². The van der Waals surface area contributed by atoms with E-state index in [2.05, 4.69) is 4.98 Å². The van der Waals surface area contributed by atoms with Crippen LogP contribution in [0, 0.1) is 5.41 Å². The molecule has 96 valence electrons. The first-order chi connectivity index (χ1) is 8.61. The molecule has 18 heavy (non-hydrogen) atoms. The van der Waals surface area contributed by atoms with Crippen molar-refractivity contribution in [2.24, 2.45) is 11.1 Å². The van der Waals surface area contributed by atoms with Gasteiger partial charge in [0.1, 0.15) is 5.69 Å². The molecule has 2 saturated carbocycles. The second-order valence-electron chi connectivity index (χ2n) is 6.21. The molecule has 2 unspecified atom stereocenters. The van der Waals surface area contributed by atoms with Gasteiger partial charge in [-0.15, -0.1) is 0 Å². The SMILES string of the molecule is NC12CCCC(CC(=O)c3ccccn3)(CC1)C2. The molecule has 0 aromatic carbocycles. The molecular weight excluding hydrogens is 224 g/mol. The molecule has 2 aliphatic rings. The average molecular weight is 244 g/mol. The molecule has 2 N–H and O–H groups in total. The number of hydrogen-bond donors (Lipinski definition) is 1. The Morgan fingerprint density at radius 2 is 2.17 bits per heavy atom. The van der Waals surface area contributed by atoms with Gasteiger partial charge in [0.2, 0.25) is 0 Å². The highest BCUT2D eigenvalue weighted by Gasteiger charge is 2.49. The quantitative estimate of drug-likeness (QED) is 0.832. The number of rotatable bonds is 3. The third-order valence-electron chi connectivity index (χ3n) is 4.75. The van der Waals surface area contributed by atoms with Gasteiger partial charge in [0.25, 0.3) is 0 Å². The van der Waals surface area contributed by atoms with Gasteiger partial charge in [-0.3, -0.25) is 9.78 Å². The maximum absolute atomic E-state index is 12.3. The molecule has 0 aliphatic heterocycles. The van der Waals surface area contributed by atoms with Gasteiger partial charge in [0, 0.05) is 18.2 Å². The minimum atomic E-state index is 0.0165. The fourth-order valence-electron chi connectivity index (χ4n) is 3.88. The number of hydrogen-bond acceptors (Lipinski definition) is 3. The van der Waals surface area contributed by atoms with Gasteiger partial charge < -0.3 is 5.73 Å². The Kier molecular flexibility index (Phi) is 2.74. The van der Waals surface area contributed by atoms with Crippen LogP contribution >= 0.6 is 0 Å². The summed E-state index contributed by atoms with van der Waals surface area (Å²) in [6, 6.07) is 5.53. The second-order valence-corrected chi connectivity index (χ2v) is 6.21. The van der Waals surface area contributed by atoms with E-state index in [9.17, 15) is 4.79 Å². The highest BCUT2D eigenvalue weighted by molar-refractivity contribution is 5.94. The van der Waals surface area contributed by atoms with E-state index in [1.54, 1.807) is 6.20 Å². The predicted octanol–water partition coefficient (Wildman–Crippen LogP) is 2.71. The number of pyridine rings is 1. The molecule has 2 atom stereocenters. The molecule has 0 spiro atoms. The van der Waals surface area contributed by atoms with Gasteiger partial charge >= 0.3 is 0 Å². The smallest absolute Gasteiger partial charge is 0.181 e. The highest BCUT2D eigenvalue weighted by Crippen LogP contribution is 2.54. The standard InChI is InChI=1S/C15H20N2O/c16-15-6-3-5-14(11-15,7-8-15)10-13(18)12-4-1-2-9-17-12/h1-2,4,9H,3,5-8,10-11,16H2. The molecule has 2 aliphatic carbocycles. The number of nitrogens with two attached hydrogens (primary N) is 1. The lowest BCUT2D eigenvalue weighted by Crippen LogP contribution is -2.41. The lowest BCUT2D eigenvalue weighted by atomic mass is 9.70. The number of carbonyl (C=O) groups excluding carboxylic acids is 1. The van der Waals surface area contributed by atoms with Crippen LogP contribution in [-0.4, -0.2) is 16.3 Å². The summed E-state index contributed by atoms with van der Waals surface area (Å²) in [7, 11) is 0. The molecule has 2 bridgehead atoms. The summed E-state index contributed by atoms with van der Waals surface area (Å²) in [6.45, 7) is 0. The van der Waals surface area contributed by atoms with E-state index in [1.165, 1.54) is 6.42 Å². The molecule has 1 aromatic heterocycles. The summed E-state index contributed by atoms with van der Waals surface area (Å²) in [4.78, 5) is 16.5. The van der Waals surface area contributed by atoms with Crippen molar-refractivity contribution in [3.8, 4) is 0 Å². The fraction of sp³-hybridized carbons (Fsp3) is 0.600. The zero-order valence-corrected chi connectivity index (χ0v) is 10.7. The summed E-state index contributed by atoms with van der Waals surface area (Å²) in [5.74, 6) is 0.182. The van der Waals surface area contributed by atoms with Crippen molar-refractivity contribution in [3.63, 3.8) is 0 Å². The maximum Gasteiger partial charge on any atom is 0.181 e. The van der Waals surface area contributed by atoms with Crippen molar-refractivity contribution in [3.05, 3.63) is 30.1 Å². The van der Waals surface area contributed by atoms with E-state index >= 15 is 0 Å². The molecule has 0 amide bonds. The molecule has 3 heteroatoms. The second kappa shape index (κ2) is 4.16. The van der Waals surface area contributed by atoms with Gasteiger partial charge in [-0.05, 0) is 49.7 Å². The first kappa shape index (κ1) is 11.8. The third kappa shape index (κ3) is 2.07. The van der Waals surface area contributed by atoms with Crippen LogP contribution in [0.2, 0.25) is 0 Å². The van der Waals surface area contributed by atoms with E-state index in [4.69, 9.17) is 5.73 Å². The minimum Gasteiger partial charge on any atom is -0.325 e. The highest BCUT2D eigenvalue weighted by atomic mass is 16.1. The summed E-state index contributed by atoms with van der Waals surface area (Å²) in [5.41, 5.74) is 7.16. The van der Waals surface area contributed by atoms with Crippen LogP contribution in [0.3, 0.4) is 0 Å². The van der Waals surface area contributed by atoms with E-state index < -0.39 is 0 Å². The van der Waals surface area contributed by atoms with Crippen molar-refractivity contribution in [2.75, 3.05) is 0 Å². The number of aromatic nitrogens is 1. The lowest BCUT2D eigenvalue weighted by Gasteiger charge is -2.37. The molecule has 3 nitrogen and oxygen atoms in total. The van der Waals surface area contributed by atoms with Crippen molar-refractivity contribution >= 4 is 5.78 Å². The number of carbonyl (C=O) groups is 1. The average Bonchev–Trinajstić information content (AvgIpc) is 2.60. The summed E-state index contributed by atoms with van der Waals surface area (Å²) >= 11 is 0. The van der Waals surface area contributed by atoms with Gasteiger partial charge in [-0.2, -0.15) is 0 Å².